The number of halogens is 2. The maximum absolute atomic E-state index is 6.11. The van der Waals surface area contributed by atoms with E-state index < -0.39 is 0 Å². The molecule has 0 aliphatic rings. The molecule has 0 aliphatic carbocycles. The molecule has 4 nitrogen and oxygen atoms in total. The largest absolute Gasteiger partial charge is 0.492 e. The van der Waals surface area contributed by atoms with Gasteiger partial charge in [0, 0.05) is 36.1 Å². The molecule has 0 spiro atoms. The first kappa shape index (κ1) is 14.2. The third kappa shape index (κ3) is 3.86. The van der Waals surface area contributed by atoms with Crippen molar-refractivity contribution >= 4 is 23.2 Å². The van der Waals surface area contributed by atoms with E-state index in [1.807, 2.05) is 10.8 Å². The average Bonchev–Trinajstić information content (AvgIpc) is 2.89. The van der Waals surface area contributed by atoms with E-state index in [2.05, 4.69) is 4.98 Å². The number of benzene rings is 1. The predicted molar refractivity (Wildman–Crippen MR) is 76.7 cm³/mol. The van der Waals surface area contributed by atoms with E-state index in [1.54, 1.807) is 24.7 Å². The monoisotopic (exact) mass is 299 g/mol. The van der Waals surface area contributed by atoms with Gasteiger partial charge in [0.25, 0.3) is 0 Å². The van der Waals surface area contributed by atoms with Gasteiger partial charge in [-0.05, 0) is 18.6 Å². The molecule has 0 saturated heterocycles. The van der Waals surface area contributed by atoms with Gasteiger partial charge in [-0.3, -0.25) is 0 Å². The third-order valence-electron chi connectivity index (χ3n) is 2.67. The van der Waals surface area contributed by atoms with Crippen LogP contribution in [0.1, 0.15) is 12.0 Å². The van der Waals surface area contributed by atoms with Gasteiger partial charge in [0.2, 0.25) is 0 Å². The van der Waals surface area contributed by atoms with Gasteiger partial charge in [0.1, 0.15) is 5.75 Å². The van der Waals surface area contributed by atoms with Crippen LogP contribution in [-0.2, 0) is 13.1 Å². The molecule has 0 unspecified atom stereocenters. The highest BCUT2D eigenvalue weighted by Gasteiger charge is 2.09. The second-order valence-corrected chi connectivity index (χ2v) is 4.93. The van der Waals surface area contributed by atoms with Gasteiger partial charge in [0.05, 0.1) is 18.0 Å². The van der Waals surface area contributed by atoms with E-state index in [0.29, 0.717) is 28.9 Å². The second kappa shape index (κ2) is 6.80. The Labute approximate surface area is 122 Å². The van der Waals surface area contributed by atoms with Gasteiger partial charge in [-0.25, -0.2) is 4.98 Å². The predicted octanol–water partition coefficient (Wildman–Crippen LogP) is 3.12. The van der Waals surface area contributed by atoms with Crippen LogP contribution in [-0.4, -0.2) is 16.2 Å². The molecule has 19 heavy (non-hydrogen) atoms. The lowest BCUT2D eigenvalue weighted by atomic mass is 10.2. The number of aromatic nitrogens is 2. The number of hydrogen-bond donors (Lipinski definition) is 1. The molecule has 0 radical (unpaired) electrons. The number of nitrogens with zero attached hydrogens (tertiary/aromatic N) is 2. The summed E-state index contributed by atoms with van der Waals surface area (Å²) in [7, 11) is 0. The Morgan fingerprint density at radius 3 is 2.84 bits per heavy atom. The molecule has 0 atom stereocenters. The van der Waals surface area contributed by atoms with E-state index in [1.165, 1.54) is 0 Å². The first-order chi connectivity index (χ1) is 9.20. The number of imidazole rings is 1. The molecule has 102 valence electrons. The van der Waals surface area contributed by atoms with Crippen molar-refractivity contribution in [3.8, 4) is 5.75 Å². The zero-order valence-electron chi connectivity index (χ0n) is 10.4. The number of nitrogens with two attached hydrogens (primary N) is 1. The first-order valence-electron chi connectivity index (χ1n) is 5.97. The van der Waals surface area contributed by atoms with Crippen LogP contribution in [0.5, 0.6) is 5.75 Å². The Kier molecular flexibility index (Phi) is 5.07. The van der Waals surface area contributed by atoms with E-state index in [4.69, 9.17) is 33.7 Å². The Hall–Kier alpha value is -1.23. The van der Waals surface area contributed by atoms with Gasteiger partial charge < -0.3 is 15.0 Å². The summed E-state index contributed by atoms with van der Waals surface area (Å²) in [5, 5.41) is 1.06. The summed E-state index contributed by atoms with van der Waals surface area (Å²) < 4.78 is 7.70. The number of hydrogen-bond acceptors (Lipinski definition) is 3. The minimum atomic E-state index is 0.344. The molecule has 6 heteroatoms. The summed E-state index contributed by atoms with van der Waals surface area (Å²) in [6.07, 6.45) is 6.31. The van der Waals surface area contributed by atoms with Crippen molar-refractivity contribution in [3.63, 3.8) is 0 Å². The molecule has 2 aromatic rings. The minimum absolute atomic E-state index is 0.344. The summed E-state index contributed by atoms with van der Waals surface area (Å²) in [6, 6.07) is 3.44. The van der Waals surface area contributed by atoms with Crippen LogP contribution in [0.4, 0.5) is 0 Å². The Balaban J connectivity index is 1.92. The molecule has 2 rings (SSSR count). The topological polar surface area (TPSA) is 53.1 Å². The molecule has 0 aliphatic heterocycles. The normalized spacial score (nSPS) is 10.7. The van der Waals surface area contributed by atoms with Crippen molar-refractivity contribution in [2.24, 2.45) is 5.73 Å². The molecule has 0 bridgehead atoms. The van der Waals surface area contributed by atoms with Crippen molar-refractivity contribution in [3.05, 3.63) is 46.5 Å². The summed E-state index contributed by atoms with van der Waals surface area (Å²) in [5.41, 5.74) is 6.48. The van der Waals surface area contributed by atoms with Crippen molar-refractivity contribution in [1.29, 1.82) is 0 Å². The Morgan fingerprint density at radius 2 is 2.16 bits per heavy atom. The van der Waals surface area contributed by atoms with Gasteiger partial charge in [-0.15, -0.1) is 0 Å². The smallest absolute Gasteiger partial charge is 0.142 e. The summed E-state index contributed by atoms with van der Waals surface area (Å²) in [5.74, 6) is 0.624. The van der Waals surface area contributed by atoms with Gasteiger partial charge >= 0.3 is 0 Å². The van der Waals surface area contributed by atoms with E-state index in [0.717, 1.165) is 18.5 Å². The number of ether oxygens (including phenoxy) is 1. The average molecular weight is 300 g/mol. The fraction of sp³-hybridized carbons (Fsp3) is 0.308. The fourth-order valence-electron chi connectivity index (χ4n) is 1.77. The fourth-order valence-corrected chi connectivity index (χ4v) is 2.36. The van der Waals surface area contributed by atoms with Crippen LogP contribution in [0.2, 0.25) is 10.0 Å². The van der Waals surface area contributed by atoms with Crippen molar-refractivity contribution in [2.75, 3.05) is 6.61 Å². The zero-order valence-corrected chi connectivity index (χ0v) is 11.9. The molecule has 2 N–H and O–H groups in total. The quantitative estimate of drug-likeness (QED) is 0.834. The highest BCUT2D eigenvalue weighted by atomic mass is 35.5. The van der Waals surface area contributed by atoms with Crippen LogP contribution >= 0.6 is 23.2 Å². The van der Waals surface area contributed by atoms with Crippen LogP contribution in [0.15, 0.2) is 30.9 Å². The van der Waals surface area contributed by atoms with Crippen LogP contribution in [0.3, 0.4) is 0 Å². The number of aryl methyl sites for hydroxylation is 1. The zero-order chi connectivity index (χ0) is 13.7. The lowest BCUT2D eigenvalue weighted by Gasteiger charge is -2.13. The molecular weight excluding hydrogens is 285 g/mol. The van der Waals surface area contributed by atoms with Crippen molar-refractivity contribution in [1.82, 2.24) is 9.55 Å². The summed E-state index contributed by atoms with van der Waals surface area (Å²) in [6.45, 7) is 1.76. The van der Waals surface area contributed by atoms with E-state index >= 15 is 0 Å². The van der Waals surface area contributed by atoms with Gasteiger partial charge in [-0.1, -0.05) is 23.2 Å². The third-order valence-corrected chi connectivity index (χ3v) is 3.17. The molecule has 0 amide bonds. The SMILES string of the molecule is NCc1cc(Cl)cc(Cl)c1OCCCn1ccnc1. The molecule has 1 aromatic carbocycles. The lowest BCUT2D eigenvalue weighted by Crippen LogP contribution is -2.07. The standard InChI is InChI=1S/C13H15Cl2N3O/c14-11-6-10(8-16)13(12(15)7-11)19-5-1-3-18-4-2-17-9-18/h2,4,6-7,9H,1,3,5,8,16H2. The van der Waals surface area contributed by atoms with Crippen molar-refractivity contribution in [2.45, 2.75) is 19.5 Å². The Morgan fingerprint density at radius 1 is 1.32 bits per heavy atom. The Bertz CT molecular complexity index is 529. The van der Waals surface area contributed by atoms with Crippen LogP contribution in [0, 0.1) is 0 Å². The van der Waals surface area contributed by atoms with E-state index in [9.17, 15) is 0 Å². The van der Waals surface area contributed by atoms with Gasteiger partial charge in [-0.2, -0.15) is 0 Å². The van der Waals surface area contributed by atoms with Gasteiger partial charge in [0.15, 0.2) is 0 Å². The first-order valence-corrected chi connectivity index (χ1v) is 6.73. The molecule has 0 saturated carbocycles. The molecule has 1 heterocycles. The highest BCUT2D eigenvalue weighted by molar-refractivity contribution is 6.35. The maximum atomic E-state index is 6.11. The highest BCUT2D eigenvalue weighted by Crippen LogP contribution is 2.32. The minimum Gasteiger partial charge on any atom is -0.492 e. The molecular formula is C13H15Cl2N3O. The van der Waals surface area contributed by atoms with Crippen LogP contribution in [0.25, 0.3) is 0 Å². The van der Waals surface area contributed by atoms with E-state index in [-0.39, 0.29) is 0 Å². The lowest BCUT2D eigenvalue weighted by molar-refractivity contribution is 0.299. The van der Waals surface area contributed by atoms with Crippen molar-refractivity contribution < 1.29 is 4.74 Å². The number of rotatable bonds is 6. The molecule has 1 aromatic heterocycles. The maximum Gasteiger partial charge on any atom is 0.142 e. The molecule has 0 fully saturated rings. The van der Waals surface area contributed by atoms with Crippen LogP contribution < -0.4 is 10.5 Å². The summed E-state index contributed by atoms with van der Waals surface area (Å²) in [4.78, 5) is 3.98. The summed E-state index contributed by atoms with van der Waals surface area (Å²) >= 11 is 12.0. The second-order valence-electron chi connectivity index (χ2n) is 4.08.